The van der Waals surface area contributed by atoms with Gasteiger partial charge in [0.1, 0.15) is 0 Å². The second kappa shape index (κ2) is 8.64. The summed E-state index contributed by atoms with van der Waals surface area (Å²) in [6.07, 6.45) is -4.56. The van der Waals surface area contributed by atoms with Gasteiger partial charge in [0.25, 0.3) is 0 Å². The van der Waals surface area contributed by atoms with Gasteiger partial charge in [0.05, 0.1) is 0 Å². The van der Waals surface area contributed by atoms with E-state index in [0.29, 0.717) is 0 Å². The summed E-state index contributed by atoms with van der Waals surface area (Å²) in [5.74, 6) is -1.19. The van der Waals surface area contributed by atoms with Gasteiger partial charge in [-0.1, -0.05) is 0 Å². The summed E-state index contributed by atoms with van der Waals surface area (Å²) in [4.78, 5) is 0. The summed E-state index contributed by atoms with van der Waals surface area (Å²) >= 11 is 0. The van der Waals surface area contributed by atoms with Crippen LogP contribution in [0.1, 0.15) is 11.1 Å². The van der Waals surface area contributed by atoms with E-state index in [1.807, 2.05) is 91.0 Å². The van der Waals surface area contributed by atoms with Gasteiger partial charge in [-0.05, 0) is 0 Å². The van der Waals surface area contributed by atoms with E-state index >= 15 is 4.39 Å². The quantitative estimate of drug-likeness (QED) is 0.261. The Balaban J connectivity index is 2.01. The van der Waals surface area contributed by atoms with Crippen LogP contribution in [-0.2, 0) is 12.3 Å². The van der Waals surface area contributed by atoms with E-state index in [0.717, 1.165) is 22.0 Å². The summed E-state index contributed by atoms with van der Waals surface area (Å²) in [6, 6.07) is 32.8. The van der Waals surface area contributed by atoms with Crippen LogP contribution in [0.15, 0.2) is 109 Å². The Morgan fingerprint density at radius 2 is 0.968 bits per heavy atom. The molecule has 0 unspecified atom stereocenters. The molecule has 0 amide bonds. The zero-order chi connectivity index (χ0) is 21.9. The Kier molecular flexibility index (Phi) is 5.93. The normalized spacial score (nSPS) is 12.5. The molecule has 0 saturated carbocycles. The second-order valence-electron chi connectivity index (χ2n) is 7.46. The molecule has 158 valence electrons. The molecule has 4 rings (SSSR count). The van der Waals surface area contributed by atoms with Crippen LogP contribution in [0, 0.1) is 5.82 Å². The Morgan fingerprint density at radius 3 is 1.35 bits per heavy atom. The van der Waals surface area contributed by atoms with Crippen LogP contribution in [0.4, 0.5) is 17.6 Å². The molecule has 0 heterocycles. The maximum absolute atomic E-state index is 15.1. The van der Waals surface area contributed by atoms with Gasteiger partial charge in [0.15, 0.2) is 0 Å². The zero-order valence-corrected chi connectivity index (χ0v) is 17.6. The van der Waals surface area contributed by atoms with Crippen LogP contribution in [0.25, 0.3) is 0 Å². The van der Waals surface area contributed by atoms with Crippen LogP contribution in [0.5, 0.6) is 0 Å². The summed E-state index contributed by atoms with van der Waals surface area (Å²) in [5, 5.41) is 3.05. The molecule has 4 aromatic rings. The van der Waals surface area contributed by atoms with Gasteiger partial charge in [-0.15, -0.1) is 0 Å². The van der Waals surface area contributed by atoms with E-state index in [-0.39, 0.29) is 11.7 Å². The number of hydrogen-bond donors (Lipinski definition) is 0. The van der Waals surface area contributed by atoms with Crippen molar-refractivity contribution in [3.63, 3.8) is 0 Å². The molecule has 5 heteroatoms. The van der Waals surface area contributed by atoms with Crippen molar-refractivity contribution in [3.8, 4) is 0 Å². The van der Waals surface area contributed by atoms with Gasteiger partial charge in [0, 0.05) is 0 Å². The molecule has 0 aliphatic rings. The van der Waals surface area contributed by atoms with E-state index in [9.17, 15) is 13.2 Å². The van der Waals surface area contributed by atoms with Crippen molar-refractivity contribution >= 4 is 23.2 Å². The molecule has 4 aromatic carbocycles. The fourth-order valence-electron chi connectivity index (χ4n) is 4.20. The summed E-state index contributed by atoms with van der Waals surface area (Å²) in [7, 11) is -2.89. The Hall–Kier alpha value is -2.97. The first-order chi connectivity index (χ1) is 14.9. The first-order valence-electron chi connectivity index (χ1n) is 9.94. The van der Waals surface area contributed by atoms with Crippen molar-refractivity contribution in [1.29, 1.82) is 0 Å². The van der Waals surface area contributed by atoms with Crippen molar-refractivity contribution in [2.45, 2.75) is 12.3 Å². The molecule has 0 N–H and O–H groups in total. The van der Waals surface area contributed by atoms with Crippen LogP contribution in [0.3, 0.4) is 0 Å². The zero-order valence-electron chi connectivity index (χ0n) is 16.6. The van der Waals surface area contributed by atoms with Crippen LogP contribution in [-0.4, -0.2) is 0 Å². The molecule has 0 fully saturated rings. The Morgan fingerprint density at radius 1 is 0.548 bits per heavy atom. The molecule has 0 aliphatic heterocycles. The molecule has 0 radical (unpaired) electrons. The van der Waals surface area contributed by atoms with Crippen molar-refractivity contribution in [3.05, 3.63) is 126 Å². The third-order valence-corrected chi connectivity index (χ3v) is 10.5. The van der Waals surface area contributed by atoms with Crippen LogP contribution < -0.4 is 15.9 Å². The average Bonchev–Trinajstić information content (AvgIpc) is 2.79. The summed E-state index contributed by atoms with van der Waals surface area (Å²) < 4.78 is 55.4. The molecule has 0 nitrogen and oxygen atoms in total. The summed E-state index contributed by atoms with van der Waals surface area (Å²) in [6.45, 7) is 0. The SMILES string of the molecule is Fc1c(C[PH](c2ccccc2)(c2ccccc2)c2ccccc2)cccc1C(F)(F)F. The molecular formula is C26H21F4P. The van der Waals surface area contributed by atoms with E-state index in [1.54, 1.807) is 0 Å². The van der Waals surface area contributed by atoms with E-state index in [4.69, 9.17) is 0 Å². The average molecular weight is 440 g/mol. The van der Waals surface area contributed by atoms with Crippen molar-refractivity contribution < 1.29 is 17.6 Å². The number of alkyl halides is 3. The second-order valence-corrected chi connectivity index (χ2v) is 11.4. The third kappa shape index (κ3) is 4.13. The van der Waals surface area contributed by atoms with Crippen molar-refractivity contribution in [2.75, 3.05) is 0 Å². The topological polar surface area (TPSA) is 0 Å². The maximum atomic E-state index is 15.1. The first-order valence-corrected chi connectivity index (χ1v) is 12.1. The van der Waals surface area contributed by atoms with Crippen molar-refractivity contribution in [2.24, 2.45) is 0 Å². The molecule has 0 bridgehead atoms. The van der Waals surface area contributed by atoms with Crippen LogP contribution >= 0.6 is 7.26 Å². The summed E-state index contributed by atoms with van der Waals surface area (Å²) in [5.41, 5.74) is -1.14. The van der Waals surface area contributed by atoms with E-state index in [1.165, 1.54) is 12.1 Å². The van der Waals surface area contributed by atoms with Gasteiger partial charge < -0.3 is 0 Å². The predicted octanol–water partition coefficient (Wildman–Crippen LogP) is 6.07. The predicted molar refractivity (Wildman–Crippen MR) is 122 cm³/mol. The number of benzene rings is 4. The standard InChI is InChI=1S/C26H21F4P/c27-25-20(11-10-18-24(25)26(28,29)30)19-31(21-12-4-1-5-13-21,22-14-6-2-7-15-22)23-16-8-3-9-17-23/h1-18,31H,19H2. The van der Waals surface area contributed by atoms with Gasteiger partial charge in [-0.2, -0.15) is 0 Å². The van der Waals surface area contributed by atoms with Gasteiger partial charge >= 0.3 is 179 Å². The van der Waals surface area contributed by atoms with E-state index in [2.05, 4.69) is 0 Å². The van der Waals surface area contributed by atoms with Gasteiger partial charge in [0.2, 0.25) is 0 Å². The molecular weight excluding hydrogens is 419 g/mol. The molecule has 0 aromatic heterocycles. The molecule has 0 spiro atoms. The number of rotatable bonds is 5. The first kappa shape index (κ1) is 21.3. The minimum atomic E-state index is -4.74. The minimum absolute atomic E-state index is 0.0815. The molecule has 0 aliphatic carbocycles. The number of halogens is 4. The van der Waals surface area contributed by atoms with Gasteiger partial charge in [-0.3, -0.25) is 0 Å². The monoisotopic (exact) mass is 440 g/mol. The number of hydrogen-bond acceptors (Lipinski definition) is 0. The Bertz CT molecular complexity index is 1040. The molecule has 0 saturated heterocycles. The third-order valence-electron chi connectivity index (χ3n) is 5.64. The van der Waals surface area contributed by atoms with Gasteiger partial charge in [-0.25, -0.2) is 0 Å². The fourth-order valence-corrected chi connectivity index (χ4v) is 8.94. The Labute approximate surface area is 179 Å². The molecule has 0 atom stereocenters. The van der Waals surface area contributed by atoms with Crippen molar-refractivity contribution in [1.82, 2.24) is 0 Å². The fraction of sp³-hybridized carbons (Fsp3) is 0.0769. The van der Waals surface area contributed by atoms with Crippen LogP contribution in [0.2, 0.25) is 0 Å². The molecule has 31 heavy (non-hydrogen) atoms. The van der Waals surface area contributed by atoms with E-state index < -0.39 is 24.8 Å².